The molecule has 0 unspecified atom stereocenters. The van der Waals surface area contributed by atoms with Crippen molar-refractivity contribution in [1.82, 2.24) is 0 Å². The summed E-state index contributed by atoms with van der Waals surface area (Å²) in [6, 6.07) is 13.3. The van der Waals surface area contributed by atoms with Gasteiger partial charge in [-0.25, -0.2) is 4.39 Å². The molecule has 0 radical (unpaired) electrons. The van der Waals surface area contributed by atoms with E-state index in [1.54, 1.807) is 50.4 Å². The Labute approximate surface area is 128 Å². The number of likely N-dealkylation sites (N-methyl/N-ethyl adjacent to an activating group) is 1. The summed E-state index contributed by atoms with van der Waals surface area (Å²) >= 11 is 0. The first-order chi connectivity index (χ1) is 10.5. The van der Waals surface area contributed by atoms with Gasteiger partial charge in [-0.15, -0.1) is 0 Å². The van der Waals surface area contributed by atoms with Crippen LogP contribution in [-0.4, -0.2) is 13.0 Å². The fraction of sp³-hybridized carbons (Fsp3) is 0.111. The van der Waals surface area contributed by atoms with Gasteiger partial charge in [0.15, 0.2) is 0 Å². The van der Waals surface area contributed by atoms with E-state index in [9.17, 15) is 14.4 Å². The third-order valence-electron chi connectivity index (χ3n) is 3.35. The molecule has 1 amide bonds. The summed E-state index contributed by atoms with van der Waals surface area (Å²) < 4.78 is 14.0. The Morgan fingerprint density at radius 2 is 1.82 bits per heavy atom. The molecular formula is C18H15FN2O. The van der Waals surface area contributed by atoms with E-state index in [0.717, 1.165) is 0 Å². The molecule has 0 saturated carbocycles. The highest BCUT2D eigenvalue weighted by atomic mass is 19.1. The molecule has 2 rings (SSSR count). The Balaban J connectivity index is 2.64. The van der Waals surface area contributed by atoms with Gasteiger partial charge < -0.3 is 4.90 Å². The molecule has 0 aliphatic rings. The molecule has 0 fully saturated rings. The number of rotatable bonds is 3. The van der Waals surface area contributed by atoms with Crippen molar-refractivity contribution in [2.24, 2.45) is 0 Å². The normalized spacial score (nSPS) is 9.91. The standard InChI is InChI=1S/C18H15FN2O/c1-12(2)18(22)21(3)17-10-6-8-13(15(17)11-20)14-7-4-5-9-16(14)19/h4-10H,1H2,2-3H3. The predicted molar refractivity (Wildman–Crippen MR) is 84.8 cm³/mol. The molecule has 3 nitrogen and oxygen atoms in total. The highest BCUT2D eigenvalue weighted by Crippen LogP contribution is 2.32. The minimum atomic E-state index is -0.412. The van der Waals surface area contributed by atoms with Gasteiger partial charge in [-0.1, -0.05) is 36.9 Å². The summed E-state index contributed by atoms with van der Waals surface area (Å²) in [6.07, 6.45) is 0. The largest absolute Gasteiger partial charge is 0.310 e. The number of anilines is 1. The highest BCUT2D eigenvalue weighted by Gasteiger charge is 2.19. The molecule has 0 aliphatic carbocycles. The van der Waals surface area contributed by atoms with Gasteiger partial charge in [0.25, 0.3) is 5.91 Å². The second-order valence-electron chi connectivity index (χ2n) is 4.94. The van der Waals surface area contributed by atoms with E-state index in [0.29, 0.717) is 22.4 Å². The Kier molecular flexibility index (Phi) is 4.38. The third-order valence-corrected chi connectivity index (χ3v) is 3.35. The summed E-state index contributed by atoms with van der Waals surface area (Å²) in [4.78, 5) is 13.4. The molecule has 0 N–H and O–H groups in total. The van der Waals surface area contributed by atoms with Crippen molar-refractivity contribution >= 4 is 11.6 Å². The molecule has 0 aromatic heterocycles. The maximum atomic E-state index is 14.0. The number of carbonyl (C=O) groups is 1. The van der Waals surface area contributed by atoms with E-state index in [4.69, 9.17) is 0 Å². The minimum absolute atomic E-state index is 0.254. The van der Waals surface area contributed by atoms with Crippen LogP contribution >= 0.6 is 0 Å². The van der Waals surface area contributed by atoms with Crippen molar-refractivity contribution in [2.45, 2.75) is 6.92 Å². The number of amides is 1. The lowest BCUT2D eigenvalue weighted by Crippen LogP contribution is -2.27. The van der Waals surface area contributed by atoms with Gasteiger partial charge in [0, 0.05) is 23.7 Å². The van der Waals surface area contributed by atoms with Gasteiger partial charge in [-0.05, 0) is 19.1 Å². The molecule has 22 heavy (non-hydrogen) atoms. The number of benzene rings is 2. The maximum Gasteiger partial charge on any atom is 0.253 e. The summed E-state index contributed by atoms with van der Waals surface area (Å²) in [7, 11) is 1.57. The minimum Gasteiger partial charge on any atom is -0.310 e. The predicted octanol–water partition coefficient (Wildman–Crippen LogP) is 3.90. The van der Waals surface area contributed by atoms with Crippen molar-refractivity contribution in [3.63, 3.8) is 0 Å². The lowest BCUT2D eigenvalue weighted by atomic mass is 9.98. The summed E-state index contributed by atoms with van der Waals surface area (Å²) in [6.45, 7) is 5.22. The average Bonchev–Trinajstić information content (AvgIpc) is 2.53. The first-order valence-corrected chi connectivity index (χ1v) is 6.69. The summed E-state index contributed by atoms with van der Waals surface area (Å²) in [5.41, 5.74) is 1.83. The second kappa shape index (κ2) is 6.23. The van der Waals surface area contributed by atoms with Crippen LogP contribution in [0, 0.1) is 17.1 Å². The molecule has 110 valence electrons. The van der Waals surface area contributed by atoms with Crippen molar-refractivity contribution in [3.8, 4) is 17.2 Å². The Morgan fingerprint density at radius 3 is 2.41 bits per heavy atom. The third kappa shape index (κ3) is 2.75. The van der Waals surface area contributed by atoms with Crippen molar-refractivity contribution < 1.29 is 9.18 Å². The van der Waals surface area contributed by atoms with Gasteiger partial charge >= 0.3 is 0 Å². The fourth-order valence-corrected chi connectivity index (χ4v) is 2.24. The molecule has 0 aliphatic heterocycles. The molecule has 0 heterocycles. The monoisotopic (exact) mass is 294 g/mol. The van der Waals surface area contributed by atoms with E-state index < -0.39 is 5.82 Å². The number of nitriles is 1. The van der Waals surface area contributed by atoms with Crippen LogP contribution in [0.2, 0.25) is 0 Å². The van der Waals surface area contributed by atoms with Gasteiger partial charge in [0.2, 0.25) is 0 Å². The first kappa shape index (κ1) is 15.5. The van der Waals surface area contributed by atoms with E-state index in [2.05, 4.69) is 12.6 Å². The first-order valence-electron chi connectivity index (χ1n) is 6.69. The lowest BCUT2D eigenvalue weighted by molar-refractivity contribution is -0.114. The molecule has 4 heteroatoms. The van der Waals surface area contributed by atoms with Crippen molar-refractivity contribution in [3.05, 3.63) is 66.0 Å². The topological polar surface area (TPSA) is 44.1 Å². The number of carbonyl (C=O) groups excluding carboxylic acids is 1. The Hall–Kier alpha value is -2.93. The van der Waals surface area contributed by atoms with E-state index in [-0.39, 0.29) is 11.5 Å². The highest BCUT2D eigenvalue weighted by molar-refractivity contribution is 6.05. The van der Waals surface area contributed by atoms with E-state index in [1.807, 2.05) is 0 Å². The Morgan fingerprint density at radius 1 is 1.18 bits per heavy atom. The number of nitrogens with zero attached hydrogens (tertiary/aromatic N) is 2. The number of halogens is 1. The molecule has 2 aromatic carbocycles. The molecule has 0 bridgehead atoms. The van der Waals surface area contributed by atoms with Crippen LogP contribution in [0.25, 0.3) is 11.1 Å². The van der Waals surface area contributed by atoms with Gasteiger partial charge in [0.05, 0.1) is 11.3 Å². The number of hydrogen-bond acceptors (Lipinski definition) is 2. The summed E-state index contributed by atoms with van der Waals surface area (Å²) in [5.74, 6) is -0.702. The lowest BCUT2D eigenvalue weighted by Gasteiger charge is -2.20. The molecule has 0 spiro atoms. The zero-order chi connectivity index (χ0) is 16.3. The summed E-state index contributed by atoms with van der Waals surface area (Å²) in [5, 5.41) is 9.49. The quantitative estimate of drug-likeness (QED) is 0.806. The second-order valence-corrected chi connectivity index (χ2v) is 4.94. The number of hydrogen-bond donors (Lipinski definition) is 0. The van der Waals surface area contributed by atoms with Crippen LogP contribution in [0.4, 0.5) is 10.1 Å². The van der Waals surface area contributed by atoms with Gasteiger partial charge in [-0.3, -0.25) is 4.79 Å². The molecular weight excluding hydrogens is 279 g/mol. The van der Waals surface area contributed by atoms with Crippen molar-refractivity contribution in [2.75, 3.05) is 11.9 Å². The Bertz CT molecular complexity index is 790. The smallest absolute Gasteiger partial charge is 0.253 e. The van der Waals surface area contributed by atoms with Crippen LogP contribution in [0.3, 0.4) is 0 Å². The van der Waals surface area contributed by atoms with E-state index in [1.165, 1.54) is 11.0 Å². The van der Waals surface area contributed by atoms with Crippen LogP contribution in [-0.2, 0) is 4.79 Å². The fourth-order valence-electron chi connectivity index (χ4n) is 2.24. The molecule has 0 saturated heterocycles. The maximum absolute atomic E-state index is 14.0. The average molecular weight is 294 g/mol. The van der Waals surface area contributed by atoms with Crippen LogP contribution in [0.5, 0.6) is 0 Å². The van der Waals surface area contributed by atoms with E-state index >= 15 is 0 Å². The zero-order valence-corrected chi connectivity index (χ0v) is 12.4. The van der Waals surface area contributed by atoms with Crippen LogP contribution < -0.4 is 4.90 Å². The van der Waals surface area contributed by atoms with Crippen molar-refractivity contribution in [1.29, 1.82) is 5.26 Å². The van der Waals surface area contributed by atoms with Crippen LogP contribution in [0.1, 0.15) is 12.5 Å². The van der Waals surface area contributed by atoms with Gasteiger partial charge in [0.1, 0.15) is 11.9 Å². The van der Waals surface area contributed by atoms with Crippen LogP contribution in [0.15, 0.2) is 54.6 Å². The molecule has 2 aromatic rings. The zero-order valence-electron chi connectivity index (χ0n) is 12.4. The molecule has 0 atom stereocenters. The van der Waals surface area contributed by atoms with Gasteiger partial charge in [-0.2, -0.15) is 5.26 Å². The SMILES string of the molecule is C=C(C)C(=O)N(C)c1cccc(-c2ccccc2F)c1C#N.